The Hall–Kier alpha value is -1.14. The van der Waals surface area contributed by atoms with Gasteiger partial charge in [0.2, 0.25) is 0 Å². The fourth-order valence-electron chi connectivity index (χ4n) is 2.87. The summed E-state index contributed by atoms with van der Waals surface area (Å²) in [7, 11) is 0. The van der Waals surface area contributed by atoms with Crippen molar-refractivity contribution in [2.24, 2.45) is 11.1 Å². The Balaban J connectivity index is 0.00000144. The lowest BCUT2D eigenvalue weighted by molar-refractivity contribution is 0.0782. The summed E-state index contributed by atoms with van der Waals surface area (Å²) >= 11 is 1.48. The maximum Gasteiger partial charge on any atom is 0.266 e. The zero-order valence-corrected chi connectivity index (χ0v) is 16.3. The number of hydrogen-bond donors (Lipinski definition) is 1. The molecule has 2 N–H and O–H groups in total. The molecule has 1 unspecified atom stereocenters. The number of amides is 1. The number of halogens is 2. The quantitative estimate of drug-likeness (QED) is 0.871. The topological polar surface area (TPSA) is 59.2 Å². The van der Waals surface area contributed by atoms with Crippen molar-refractivity contribution in [2.75, 3.05) is 19.6 Å². The predicted octanol–water partition coefficient (Wildman–Crippen LogP) is 3.77. The predicted molar refractivity (Wildman–Crippen MR) is 104 cm³/mol. The smallest absolute Gasteiger partial charge is 0.266 e. The molecule has 1 aromatic carbocycles. The van der Waals surface area contributed by atoms with E-state index in [0.29, 0.717) is 6.54 Å². The minimum absolute atomic E-state index is 0. The number of carbonyl (C=O) groups excluding carboxylic acids is 1. The van der Waals surface area contributed by atoms with Crippen LogP contribution in [0.2, 0.25) is 0 Å². The van der Waals surface area contributed by atoms with Gasteiger partial charge in [-0.2, -0.15) is 0 Å². The molecule has 24 heavy (non-hydrogen) atoms. The Kier molecular flexibility index (Phi) is 7.23. The van der Waals surface area contributed by atoms with Crippen molar-refractivity contribution in [3.63, 3.8) is 0 Å². The number of nitrogens with zero attached hydrogens (tertiary/aromatic N) is 2. The third-order valence-electron chi connectivity index (χ3n) is 4.31. The van der Waals surface area contributed by atoms with Crippen LogP contribution in [0.3, 0.4) is 0 Å². The summed E-state index contributed by atoms with van der Waals surface area (Å²) < 4.78 is 0. The molecule has 1 fully saturated rings. The molecule has 1 aliphatic heterocycles. The molecular weight excluding hydrogens is 365 g/mol. The van der Waals surface area contributed by atoms with Crippen molar-refractivity contribution in [2.45, 2.75) is 20.3 Å². The van der Waals surface area contributed by atoms with Crippen LogP contribution in [0.25, 0.3) is 11.3 Å². The number of nitrogens with two attached hydrogens (primary N) is 1. The summed E-state index contributed by atoms with van der Waals surface area (Å²) in [5.74, 6) is 0.0848. The molecule has 2 aromatic rings. The fraction of sp³-hybridized carbons (Fsp3) is 0.412. The van der Waals surface area contributed by atoms with Gasteiger partial charge in [0, 0.05) is 18.7 Å². The lowest BCUT2D eigenvalue weighted by atomic mass is 9.90. The number of rotatable bonds is 3. The second-order valence-corrected chi connectivity index (χ2v) is 7.47. The van der Waals surface area contributed by atoms with Crippen molar-refractivity contribution in [3.8, 4) is 11.3 Å². The lowest BCUT2D eigenvalue weighted by Crippen LogP contribution is -2.34. The highest BCUT2D eigenvalue weighted by Crippen LogP contribution is 2.33. The highest BCUT2D eigenvalue weighted by Gasteiger charge is 2.36. The van der Waals surface area contributed by atoms with E-state index in [9.17, 15) is 4.79 Å². The molecule has 0 aliphatic carbocycles. The highest BCUT2D eigenvalue weighted by molar-refractivity contribution is 7.14. The third kappa shape index (κ3) is 4.09. The molecule has 4 nitrogen and oxygen atoms in total. The average molecular weight is 388 g/mol. The van der Waals surface area contributed by atoms with Gasteiger partial charge in [-0.3, -0.25) is 4.79 Å². The van der Waals surface area contributed by atoms with E-state index in [4.69, 9.17) is 5.73 Å². The summed E-state index contributed by atoms with van der Waals surface area (Å²) in [5, 5.41) is 0.919. The average Bonchev–Trinajstić information content (AvgIpc) is 3.12. The van der Waals surface area contributed by atoms with Crippen molar-refractivity contribution in [3.05, 3.63) is 40.2 Å². The van der Waals surface area contributed by atoms with Gasteiger partial charge in [-0.25, -0.2) is 4.98 Å². The molecule has 0 spiro atoms. The number of hydrogen-bond acceptors (Lipinski definition) is 4. The molecule has 0 saturated carbocycles. The SMILES string of the molecule is Cc1nc(-c2ccccc2)c(C(=O)N2CCC(C)(CN)C2)s1.Cl.Cl. The highest BCUT2D eigenvalue weighted by atomic mass is 35.5. The van der Waals surface area contributed by atoms with Gasteiger partial charge < -0.3 is 10.6 Å². The molecule has 1 aliphatic rings. The van der Waals surface area contributed by atoms with Gasteiger partial charge in [-0.05, 0) is 25.3 Å². The Morgan fingerprint density at radius 1 is 1.33 bits per heavy atom. The van der Waals surface area contributed by atoms with Crippen LogP contribution in [-0.2, 0) is 0 Å². The minimum Gasteiger partial charge on any atom is -0.337 e. The molecule has 0 bridgehead atoms. The number of likely N-dealkylation sites (tertiary alicyclic amines) is 1. The van der Waals surface area contributed by atoms with E-state index in [1.165, 1.54) is 11.3 Å². The molecule has 0 radical (unpaired) electrons. The first kappa shape index (κ1) is 20.9. The van der Waals surface area contributed by atoms with Crippen molar-refractivity contribution >= 4 is 42.1 Å². The Morgan fingerprint density at radius 2 is 2.00 bits per heavy atom. The van der Waals surface area contributed by atoms with Crippen LogP contribution in [0.5, 0.6) is 0 Å². The Bertz CT molecular complexity index is 692. The zero-order chi connectivity index (χ0) is 15.7. The van der Waals surface area contributed by atoms with Crippen molar-refractivity contribution in [1.29, 1.82) is 0 Å². The van der Waals surface area contributed by atoms with Crippen LogP contribution in [0.1, 0.15) is 28.0 Å². The zero-order valence-electron chi connectivity index (χ0n) is 13.8. The Labute approximate surface area is 159 Å². The van der Waals surface area contributed by atoms with E-state index in [1.54, 1.807) is 0 Å². The standard InChI is InChI=1S/C17H21N3OS.2ClH/c1-12-19-14(13-6-4-3-5-7-13)15(22-12)16(21)20-9-8-17(2,10-18)11-20;;/h3-7H,8-11,18H2,1-2H3;2*1H. The van der Waals surface area contributed by atoms with Crippen LogP contribution in [-0.4, -0.2) is 35.4 Å². The number of benzene rings is 1. The number of aryl methyl sites for hydroxylation is 1. The number of aromatic nitrogens is 1. The maximum absolute atomic E-state index is 12.9. The summed E-state index contributed by atoms with van der Waals surface area (Å²) in [6, 6.07) is 9.91. The van der Waals surface area contributed by atoms with Gasteiger partial charge in [0.1, 0.15) is 4.88 Å². The molecule has 1 aromatic heterocycles. The van der Waals surface area contributed by atoms with E-state index in [0.717, 1.165) is 40.7 Å². The van der Waals surface area contributed by atoms with E-state index >= 15 is 0 Å². The maximum atomic E-state index is 12.9. The normalized spacial score (nSPS) is 19.5. The first-order valence-corrected chi connectivity index (χ1v) is 8.36. The molecule has 1 amide bonds. The molecule has 3 rings (SSSR count). The van der Waals surface area contributed by atoms with Gasteiger partial charge in [-0.15, -0.1) is 36.2 Å². The number of thiazole rings is 1. The first-order valence-electron chi connectivity index (χ1n) is 7.55. The molecule has 7 heteroatoms. The molecule has 2 heterocycles. The largest absolute Gasteiger partial charge is 0.337 e. The van der Waals surface area contributed by atoms with Crippen LogP contribution in [0.4, 0.5) is 0 Å². The molecular formula is C17H23Cl2N3OS. The molecule has 132 valence electrons. The monoisotopic (exact) mass is 387 g/mol. The molecule has 1 atom stereocenters. The minimum atomic E-state index is 0. The van der Waals surface area contributed by atoms with E-state index < -0.39 is 0 Å². The molecule has 1 saturated heterocycles. The van der Waals surface area contributed by atoms with Gasteiger partial charge in [0.15, 0.2) is 0 Å². The van der Waals surface area contributed by atoms with Crippen LogP contribution < -0.4 is 5.73 Å². The van der Waals surface area contributed by atoms with Crippen LogP contribution >= 0.6 is 36.2 Å². The Morgan fingerprint density at radius 3 is 2.58 bits per heavy atom. The summed E-state index contributed by atoms with van der Waals surface area (Å²) in [5.41, 5.74) is 7.69. The van der Waals surface area contributed by atoms with Gasteiger partial charge in [-0.1, -0.05) is 37.3 Å². The third-order valence-corrected chi connectivity index (χ3v) is 5.27. The summed E-state index contributed by atoms with van der Waals surface area (Å²) in [6.07, 6.45) is 0.966. The van der Waals surface area contributed by atoms with E-state index in [2.05, 4.69) is 11.9 Å². The fourth-order valence-corrected chi connectivity index (χ4v) is 3.78. The van der Waals surface area contributed by atoms with Crippen molar-refractivity contribution in [1.82, 2.24) is 9.88 Å². The second kappa shape index (κ2) is 8.30. The van der Waals surface area contributed by atoms with Crippen LogP contribution in [0, 0.1) is 12.3 Å². The summed E-state index contributed by atoms with van der Waals surface area (Å²) in [6.45, 7) is 6.22. The number of carbonyl (C=O) groups is 1. The van der Waals surface area contributed by atoms with Crippen LogP contribution in [0.15, 0.2) is 30.3 Å². The second-order valence-electron chi connectivity index (χ2n) is 6.27. The van der Waals surface area contributed by atoms with Gasteiger partial charge >= 0.3 is 0 Å². The van der Waals surface area contributed by atoms with Gasteiger partial charge in [0.05, 0.1) is 10.7 Å². The lowest BCUT2D eigenvalue weighted by Gasteiger charge is -2.22. The van der Waals surface area contributed by atoms with Crippen molar-refractivity contribution < 1.29 is 4.79 Å². The first-order chi connectivity index (χ1) is 10.5. The van der Waals surface area contributed by atoms with Gasteiger partial charge in [0.25, 0.3) is 5.91 Å². The summed E-state index contributed by atoms with van der Waals surface area (Å²) in [4.78, 5) is 20.2. The van der Waals surface area contributed by atoms with E-state index in [1.807, 2.05) is 42.2 Å². The van der Waals surface area contributed by atoms with E-state index in [-0.39, 0.29) is 36.1 Å².